The first kappa shape index (κ1) is 17.9. The quantitative estimate of drug-likeness (QED) is 0.858. The van der Waals surface area contributed by atoms with Crippen LogP contribution in [0.15, 0.2) is 18.3 Å². The molecule has 3 unspecified atom stereocenters. The summed E-state index contributed by atoms with van der Waals surface area (Å²) >= 11 is 0. The van der Waals surface area contributed by atoms with Crippen LogP contribution in [0.4, 0.5) is 5.69 Å². The first-order valence-electron chi connectivity index (χ1n) is 10.4. The fraction of sp³-hybridized carbons (Fsp3) is 0.762. The molecule has 2 bridgehead atoms. The number of aliphatic hydroxyl groups is 1. The van der Waals surface area contributed by atoms with Gasteiger partial charge in [0.15, 0.2) is 5.79 Å². The third-order valence-electron chi connectivity index (χ3n) is 7.27. The number of nitrogens with zero attached hydrogens (tertiary/aromatic N) is 3. The molecule has 5 rings (SSSR count). The molecule has 0 aromatic carbocycles. The number of pyridine rings is 1. The van der Waals surface area contributed by atoms with E-state index in [4.69, 9.17) is 9.47 Å². The summed E-state index contributed by atoms with van der Waals surface area (Å²) in [5.74, 6) is -0.481. The van der Waals surface area contributed by atoms with Gasteiger partial charge < -0.3 is 19.5 Å². The zero-order chi connectivity index (χ0) is 18.6. The topological polar surface area (TPSA) is 58.1 Å². The van der Waals surface area contributed by atoms with Crippen molar-refractivity contribution in [3.63, 3.8) is 0 Å². The largest absolute Gasteiger partial charge is 0.384 e. The van der Waals surface area contributed by atoms with Gasteiger partial charge in [0, 0.05) is 38.0 Å². The Morgan fingerprint density at radius 2 is 1.81 bits per heavy atom. The van der Waals surface area contributed by atoms with Crippen molar-refractivity contribution in [2.24, 2.45) is 0 Å². The van der Waals surface area contributed by atoms with E-state index in [1.54, 1.807) is 0 Å². The molecule has 4 fully saturated rings. The van der Waals surface area contributed by atoms with Crippen LogP contribution < -0.4 is 4.90 Å². The summed E-state index contributed by atoms with van der Waals surface area (Å²) < 4.78 is 11.9. The van der Waals surface area contributed by atoms with E-state index in [0.717, 1.165) is 31.6 Å². The molecule has 1 aliphatic carbocycles. The van der Waals surface area contributed by atoms with Crippen molar-refractivity contribution >= 4 is 5.69 Å². The Balaban J connectivity index is 1.27. The highest BCUT2D eigenvalue weighted by Gasteiger charge is 2.48. The minimum atomic E-state index is -0.872. The molecule has 6 heteroatoms. The highest BCUT2D eigenvalue weighted by atomic mass is 16.7. The molecule has 1 spiro atoms. The summed E-state index contributed by atoms with van der Waals surface area (Å²) in [7, 11) is 2.25. The molecule has 0 amide bonds. The molecule has 3 saturated heterocycles. The van der Waals surface area contributed by atoms with Crippen LogP contribution in [-0.2, 0) is 15.1 Å². The van der Waals surface area contributed by atoms with Gasteiger partial charge in [-0.15, -0.1) is 0 Å². The number of fused-ring (bicyclic) bond motifs is 2. The van der Waals surface area contributed by atoms with Gasteiger partial charge in [0.25, 0.3) is 0 Å². The molecule has 27 heavy (non-hydrogen) atoms. The lowest BCUT2D eigenvalue weighted by Gasteiger charge is -2.41. The van der Waals surface area contributed by atoms with Crippen molar-refractivity contribution in [3.8, 4) is 0 Å². The average molecular weight is 373 g/mol. The van der Waals surface area contributed by atoms with Crippen LogP contribution in [0, 0.1) is 0 Å². The van der Waals surface area contributed by atoms with E-state index in [1.807, 2.05) is 19.2 Å². The number of hydrogen-bond acceptors (Lipinski definition) is 6. The predicted octanol–water partition coefficient (Wildman–Crippen LogP) is 2.26. The number of ether oxygens (including phenoxy) is 2. The first-order chi connectivity index (χ1) is 13.0. The van der Waals surface area contributed by atoms with Crippen LogP contribution in [-0.4, -0.2) is 65.7 Å². The normalized spacial score (nSPS) is 42.2. The highest BCUT2D eigenvalue weighted by molar-refractivity contribution is 5.46. The van der Waals surface area contributed by atoms with Gasteiger partial charge in [-0.2, -0.15) is 0 Å². The second-order valence-corrected chi connectivity index (χ2v) is 9.04. The number of piperazine rings is 1. The number of likely N-dealkylation sites (N-methyl/N-ethyl adjacent to an activating group) is 1. The summed E-state index contributed by atoms with van der Waals surface area (Å²) in [4.78, 5) is 9.68. The molecule has 4 heterocycles. The van der Waals surface area contributed by atoms with Gasteiger partial charge >= 0.3 is 0 Å². The highest BCUT2D eigenvalue weighted by Crippen LogP contribution is 2.45. The molecular weight excluding hydrogens is 342 g/mol. The fourth-order valence-corrected chi connectivity index (χ4v) is 5.44. The molecular formula is C21H31N3O3. The standard InChI is InChI=1S/C21H31N3O3/c1-15-14-26-21(27-15)9-7-20(25,8-10-21)19-6-5-16(11-22-19)24-12-17-3-4-18(13-24)23(17)2/h5-6,11,15,17-18,25H,3-4,7-10,12-14H2,1-2H3. The van der Waals surface area contributed by atoms with E-state index in [1.165, 1.54) is 18.5 Å². The molecule has 1 aromatic rings. The molecule has 3 atom stereocenters. The van der Waals surface area contributed by atoms with Gasteiger partial charge in [-0.1, -0.05) is 0 Å². The second-order valence-electron chi connectivity index (χ2n) is 9.04. The summed E-state index contributed by atoms with van der Waals surface area (Å²) in [6.07, 6.45) is 7.40. The van der Waals surface area contributed by atoms with Crippen LogP contribution in [0.5, 0.6) is 0 Å². The number of anilines is 1. The van der Waals surface area contributed by atoms with Gasteiger partial charge in [-0.05, 0) is 51.8 Å². The van der Waals surface area contributed by atoms with E-state index in [2.05, 4.69) is 27.9 Å². The molecule has 0 radical (unpaired) electrons. The lowest BCUT2D eigenvalue weighted by molar-refractivity contribution is -0.211. The van der Waals surface area contributed by atoms with Gasteiger partial charge in [-0.3, -0.25) is 9.88 Å². The lowest BCUT2D eigenvalue weighted by atomic mass is 9.79. The van der Waals surface area contributed by atoms with Crippen LogP contribution in [0.3, 0.4) is 0 Å². The Morgan fingerprint density at radius 3 is 2.37 bits per heavy atom. The summed E-state index contributed by atoms with van der Waals surface area (Å²) in [5.41, 5.74) is 1.09. The fourth-order valence-electron chi connectivity index (χ4n) is 5.44. The second kappa shape index (κ2) is 6.41. The van der Waals surface area contributed by atoms with Crippen molar-refractivity contribution in [1.29, 1.82) is 0 Å². The van der Waals surface area contributed by atoms with Crippen molar-refractivity contribution in [3.05, 3.63) is 24.0 Å². The minimum absolute atomic E-state index is 0.146. The summed E-state index contributed by atoms with van der Waals surface area (Å²) in [6, 6.07) is 5.49. The molecule has 6 nitrogen and oxygen atoms in total. The van der Waals surface area contributed by atoms with Crippen molar-refractivity contribution in [2.45, 2.75) is 75.0 Å². The number of aromatic nitrogens is 1. The van der Waals surface area contributed by atoms with Crippen molar-refractivity contribution in [2.75, 3.05) is 31.6 Å². The molecule has 1 saturated carbocycles. The van der Waals surface area contributed by atoms with E-state index in [0.29, 0.717) is 31.5 Å². The maximum Gasteiger partial charge on any atom is 0.169 e. The Hall–Kier alpha value is -1.21. The Kier molecular flexibility index (Phi) is 4.24. The zero-order valence-corrected chi connectivity index (χ0v) is 16.4. The maximum atomic E-state index is 11.2. The monoisotopic (exact) mass is 373 g/mol. The van der Waals surface area contributed by atoms with Gasteiger partial charge in [-0.25, -0.2) is 0 Å². The Morgan fingerprint density at radius 1 is 1.11 bits per heavy atom. The Bertz CT molecular complexity index is 672. The van der Waals surface area contributed by atoms with Gasteiger partial charge in [0.05, 0.1) is 30.3 Å². The third kappa shape index (κ3) is 3.07. The van der Waals surface area contributed by atoms with Crippen molar-refractivity contribution < 1.29 is 14.6 Å². The molecule has 148 valence electrons. The lowest BCUT2D eigenvalue weighted by Crippen LogP contribution is -2.52. The summed E-state index contributed by atoms with van der Waals surface area (Å²) in [5, 5.41) is 11.2. The van der Waals surface area contributed by atoms with E-state index >= 15 is 0 Å². The van der Waals surface area contributed by atoms with E-state index in [9.17, 15) is 5.11 Å². The average Bonchev–Trinajstić information content (AvgIpc) is 3.11. The summed E-state index contributed by atoms with van der Waals surface area (Å²) in [6.45, 7) is 4.85. The van der Waals surface area contributed by atoms with Gasteiger partial charge in [0.2, 0.25) is 0 Å². The first-order valence-corrected chi connectivity index (χ1v) is 10.4. The minimum Gasteiger partial charge on any atom is -0.384 e. The smallest absolute Gasteiger partial charge is 0.169 e. The predicted molar refractivity (Wildman–Crippen MR) is 103 cm³/mol. The number of hydrogen-bond donors (Lipinski definition) is 1. The van der Waals surface area contributed by atoms with Gasteiger partial charge in [0.1, 0.15) is 5.60 Å². The van der Waals surface area contributed by atoms with Crippen LogP contribution in [0.1, 0.15) is 51.1 Å². The molecule has 3 aliphatic heterocycles. The molecule has 1 aromatic heterocycles. The van der Waals surface area contributed by atoms with E-state index in [-0.39, 0.29) is 6.10 Å². The number of rotatable bonds is 2. The van der Waals surface area contributed by atoms with Crippen molar-refractivity contribution in [1.82, 2.24) is 9.88 Å². The van der Waals surface area contributed by atoms with Crippen LogP contribution >= 0.6 is 0 Å². The van der Waals surface area contributed by atoms with Crippen LogP contribution in [0.25, 0.3) is 0 Å². The third-order valence-corrected chi connectivity index (χ3v) is 7.27. The Labute approximate surface area is 161 Å². The van der Waals surface area contributed by atoms with E-state index < -0.39 is 11.4 Å². The zero-order valence-electron chi connectivity index (χ0n) is 16.4. The SMILES string of the molecule is CC1COC2(CCC(O)(c3ccc(N4CC5CCC(C4)N5C)cn3)CC2)O1. The maximum absolute atomic E-state index is 11.2. The molecule has 1 N–H and O–H groups in total. The molecule has 4 aliphatic rings. The van der Waals surface area contributed by atoms with Crippen LogP contribution in [0.2, 0.25) is 0 Å².